The Hall–Kier alpha value is -3.97. The minimum atomic E-state index is -4.86. The Labute approximate surface area is 200 Å². The van der Waals surface area contributed by atoms with Crippen molar-refractivity contribution in [3.8, 4) is 11.1 Å². The van der Waals surface area contributed by atoms with Crippen LogP contribution in [0.2, 0.25) is 0 Å². The molecule has 4 rings (SSSR count). The van der Waals surface area contributed by atoms with Crippen LogP contribution in [0.25, 0.3) is 11.1 Å². The molecule has 1 aromatic carbocycles. The third-order valence-corrected chi connectivity index (χ3v) is 5.40. The molecule has 14 heteroatoms. The minimum Gasteiger partial charge on any atom is -0.447 e. The van der Waals surface area contributed by atoms with Gasteiger partial charge >= 0.3 is 12.3 Å². The summed E-state index contributed by atoms with van der Waals surface area (Å²) in [5, 5.41) is 2.82. The highest BCUT2D eigenvalue weighted by Crippen LogP contribution is 2.34. The normalized spacial score (nSPS) is 17.6. The number of halogens is 6. The van der Waals surface area contributed by atoms with Gasteiger partial charge in [-0.15, -0.1) is 0 Å². The van der Waals surface area contributed by atoms with E-state index in [0.717, 1.165) is 11.1 Å². The number of alkyl halides is 4. The smallest absolute Gasteiger partial charge is 0.419 e. The summed E-state index contributed by atoms with van der Waals surface area (Å²) in [5.74, 6) is -2.76. The fourth-order valence-electron chi connectivity index (χ4n) is 3.51. The highest BCUT2D eigenvalue weighted by atomic mass is 19.4. The van der Waals surface area contributed by atoms with Crippen LogP contribution in [0.4, 0.5) is 42.9 Å². The zero-order chi connectivity index (χ0) is 26.2. The molecule has 0 bridgehead atoms. The SMILES string of the molecule is C[C@H](Nc1ncc(F)c(N2C(=O)OCC2[C@H](C)F)n1)c1ncc(-c2ccc(F)c(C(F)(F)F)c2)cn1. The van der Waals surface area contributed by atoms with Crippen LogP contribution < -0.4 is 10.2 Å². The lowest BCUT2D eigenvalue weighted by molar-refractivity contribution is -0.139. The van der Waals surface area contributed by atoms with E-state index in [4.69, 9.17) is 4.74 Å². The van der Waals surface area contributed by atoms with E-state index in [1.807, 2.05) is 0 Å². The molecule has 0 radical (unpaired) electrons. The fraction of sp³-hybridized carbons (Fsp3) is 0.318. The monoisotopic (exact) mass is 512 g/mol. The molecule has 2 aromatic heterocycles. The van der Waals surface area contributed by atoms with Crippen LogP contribution in [-0.4, -0.2) is 44.8 Å². The number of nitrogens with one attached hydrogen (secondary N) is 1. The number of carbonyl (C=O) groups excluding carboxylic acids is 1. The lowest BCUT2D eigenvalue weighted by Gasteiger charge is -2.22. The largest absolute Gasteiger partial charge is 0.447 e. The molecule has 3 heterocycles. The van der Waals surface area contributed by atoms with Crippen LogP contribution in [0.15, 0.2) is 36.8 Å². The van der Waals surface area contributed by atoms with Gasteiger partial charge in [0, 0.05) is 18.0 Å². The zero-order valence-electron chi connectivity index (χ0n) is 18.7. The van der Waals surface area contributed by atoms with Crippen molar-refractivity contribution >= 4 is 17.9 Å². The maximum Gasteiger partial charge on any atom is 0.419 e. The summed E-state index contributed by atoms with van der Waals surface area (Å²) in [6.07, 6.45) is -3.99. The molecule has 3 atom stereocenters. The van der Waals surface area contributed by atoms with Crippen LogP contribution in [0, 0.1) is 11.6 Å². The van der Waals surface area contributed by atoms with Gasteiger partial charge in [-0.2, -0.15) is 18.2 Å². The molecule has 1 fully saturated rings. The van der Waals surface area contributed by atoms with Gasteiger partial charge in [0.1, 0.15) is 30.5 Å². The van der Waals surface area contributed by atoms with E-state index in [0.29, 0.717) is 12.1 Å². The number of aromatic nitrogens is 4. The van der Waals surface area contributed by atoms with E-state index in [1.165, 1.54) is 25.4 Å². The van der Waals surface area contributed by atoms with Gasteiger partial charge in [-0.1, -0.05) is 6.07 Å². The van der Waals surface area contributed by atoms with Crippen molar-refractivity contribution in [1.29, 1.82) is 0 Å². The third-order valence-electron chi connectivity index (χ3n) is 5.40. The molecule has 36 heavy (non-hydrogen) atoms. The van der Waals surface area contributed by atoms with Gasteiger partial charge in [-0.05, 0) is 31.5 Å². The lowest BCUT2D eigenvalue weighted by Crippen LogP contribution is -2.40. The maximum absolute atomic E-state index is 14.4. The average molecular weight is 512 g/mol. The number of cyclic esters (lactones) is 1. The van der Waals surface area contributed by atoms with Gasteiger partial charge in [0.05, 0.1) is 17.8 Å². The number of carbonyl (C=O) groups is 1. The van der Waals surface area contributed by atoms with E-state index >= 15 is 0 Å². The molecule has 1 aliphatic rings. The van der Waals surface area contributed by atoms with E-state index in [9.17, 15) is 31.1 Å². The summed E-state index contributed by atoms with van der Waals surface area (Å²) in [7, 11) is 0. The molecule has 1 N–H and O–H groups in total. The third kappa shape index (κ3) is 5.02. The van der Waals surface area contributed by atoms with E-state index in [2.05, 4.69) is 25.3 Å². The number of benzene rings is 1. The summed E-state index contributed by atoms with van der Waals surface area (Å²) < 4.78 is 85.6. The van der Waals surface area contributed by atoms with Gasteiger partial charge in [0.25, 0.3) is 0 Å². The fourth-order valence-corrected chi connectivity index (χ4v) is 3.51. The van der Waals surface area contributed by atoms with Gasteiger partial charge < -0.3 is 10.1 Å². The lowest BCUT2D eigenvalue weighted by atomic mass is 10.0. The first-order chi connectivity index (χ1) is 17.0. The van der Waals surface area contributed by atoms with Crippen LogP contribution in [-0.2, 0) is 10.9 Å². The maximum atomic E-state index is 14.4. The standard InChI is InChI=1S/C22H18F6N6O2/c1-10(23)17-9-36-21(35)34(17)19-16(25)8-31-20(33-19)32-11(2)18-29-6-13(7-30-18)12-3-4-15(24)14(5-12)22(26,27)28/h3-8,10-11,17H,9H2,1-2H3,(H,31,32,33)/t10-,11-,17?/m0/s1. The van der Waals surface area contributed by atoms with Crippen LogP contribution >= 0.6 is 0 Å². The second-order valence-electron chi connectivity index (χ2n) is 7.95. The molecular weight excluding hydrogens is 494 g/mol. The zero-order valence-corrected chi connectivity index (χ0v) is 18.7. The summed E-state index contributed by atoms with van der Waals surface area (Å²) >= 11 is 0. The Morgan fingerprint density at radius 2 is 1.75 bits per heavy atom. The Morgan fingerprint density at radius 1 is 1.06 bits per heavy atom. The van der Waals surface area contributed by atoms with E-state index in [-0.39, 0.29) is 29.5 Å². The Morgan fingerprint density at radius 3 is 2.39 bits per heavy atom. The number of nitrogens with zero attached hydrogens (tertiary/aromatic N) is 5. The van der Waals surface area contributed by atoms with Gasteiger partial charge in [-0.25, -0.2) is 37.8 Å². The number of rotatable bonds is 6. The van der Waals surface area contributed by atoms with E-state index in [1.54, 1.807) is 6.92 Å². The molecular formula is C22H18F6N6O2. The van der Waals surface area contributed by atoms with Gasteiger partial charge in [-0.3, -0.25) is 0 Å². The van der Waals surface area contributed by atoms with Crippen molar-refractivity contribution in [2.45, 2.75) is 38.3 Å². The minimum absolute atomic E-state index is 0.0662. The number of ether oxygens (including phenoxy) is 1. The quantitative estimate of drug-likeness (QED) is 0.460. The first-order valence-corrected chi connectivity index (χ1v) is 10.5. The molecule has 3 aromatic rings. The number of anilines is 2. The Balaban J connectivity index is 1.53. The predicted molar refractivity (Wildman–Crippen MR) is 115 cm³/mol. The molecule has 1 unspecified atom stereocenters. The highest BCUT2D eigenvalue weighted by Gasteiger charge is 2.40. The molecule has 0 aliphatic carbocycles. The average Bonchev–Trinajstić information content (AvgIpc) is 3.21. The van der Waals surface area contributed by atoms with Crippen molar-refractivity contribution in [2.75, 3.05) is 16.8 Å². The van der Waals surface area contributed by atoms with Gasteiger partial charge in [0.15, 0.2) is 11.6 Å². The summed E-state index contributed by atoms with van der Waals surface area (Å²) in [5.41, 5.74) is -1.12. The van der Waals surface area contributed by atoms with Crippen molar-refractivity contribution in [3.05, 3.63) is 59.8 Å². The number of hydrogen-bond donors (Lipinski definition) is 1. The first kappa shape index (κ1) is 25.1. The van der Waals surface area contributed by atoms with Crippen molar-refractivity contribution in [1.82, 2.24) is 19.9 Å². The second kappa shape index (κ2) is 9.59. The number of amides is 1. The molecule has 0 saturated carbocycles. The predicted octanol–water partition coefficient (Wildman–Crippen LogP) is 5.09. The molecule has 1 aliphatic heterocycles. The molecule has 1 saturated heterocycles. The first-order valence-electron chi connectivity index (χ1n) is 10.5. The number of hydrogen-bond acceptors (Lipinski definition) is 7. The van der Waals surface area contributed by atoms with Crippen molar-refractivity contribution in [3.63, 3.8) is 0 Å². The Kier molecular flexibility index (Phi) is 6.69. The summed E-state index contributed by atoms with van der Waals surface area (Å²) in [4.78, 5) is 28.8. The van der Waals surface area contributed by atoms with E-state index < -0.39 is 53.5 Å². The topological polar surface area (TPSA) is 93.1 Å². The molecule has 8 nitrogen and oxygen atoms in total. The van der Waals surface area contributed by atoms with Crippen LogP contribution in [0.5, 0.6) is 0 Å². The Bertz CT molecular complexity index is 1270. The molecule has 1 amide bonds. The van der Waals surface area contributed by atoms with Crippen LogP contribution in [0.1, 0.15) is 31.3 Å². The van der Waals surface area contributed by atoms with Crippen molar-refractivity contribution < 1.29 is 35.9 Å². The molecule has 0 spiro atoms. The molecule has 190 valence electrons. The summed E-state index contributed by atoms with van der Waals surface area (Å²) in [6.45, 7) is 2.55. The summed E-state index contributed by atoms with van der Waals surface area (Å²) in [6, 6.07) is 0.820. The van der Waals surface area contributed by atoms with Crippen molar-refractivity contribution in [2.24, 2.45) is 0 Å². The van der Waals surface area contributed by atoms with Gasteiger partial charge in [0.2, 0.25) is 5.95 Å². The highest BCUT2D eigenvalue weighted by molar-refractivity contribution is 5.89. The second-order valence-corrected chi connectivity index (χ2v) is 7.95. The van der Waals surface area contributed by atoms with Crippen LogP contribution in [0.3, 0.4) is 0 Å².